The van der Waals surface area contributed by atoms with Gasteiger partial charge in [-0.25, -0.2) is 13.8 Å². The third kappa shape index (κ3) is 3.91. The van der Waals surface area contributed by atoms with Gasteiger partial charge in [0, 0.05) is 20.2 Å². The van der Waals surface area contributed by atoms with Gasteiger partial charge in [0.15, 0.2) is 0 Å². The second-order valence-electron chi connectivity index (χ2n) is 5.84. The number of carbonyl (C=O) groups excluding carboxylic acids is 1. The summed E-state index contributed by atoms with van der Waals surface area (Å²) in [5.74, 6) is -3.92. The van der Waals surface area contributed by atoms with Crippen LogP contribution in [0.5, 0.6) is 0 Å². The highest BCUT2D eigenvalue weighted by Crippen LogP contribution is 2.29. The lowest BCUT2D eigenvalue weighted by atomic mass is 10.1. The highest BCUT2D eigenvalue weighted by molar-refractivity contribution is 5.98. The maximum absolute atomic E-state index is 14.4. The van der Waals surface area contributed by atoms with E-state index in [0.29, 0.717) is 26.2 Å². The van der Waals surface area contributed by atoms with Crippen LogP contribution in [0.2, 0.25) is 0 Å². The third-order valence-corrected chi connectivity index (χ3v) is 3.95. The first kappa shape index (κ1) is 22.7. The largest absolute Gasteiger partial charge is 0.471 e. The highest BCUT2D eigenvalue weighted by atomic mass is 19.4. The van der Waals surface area contributed by atoms with Crippen LogP contribution in [0.3, 0.4) is 0 Å². The predicted molar refractivity (Wildman–Crippen MR) is 86.4 cm³/mol. The van der Waals surface area contributed by atoms with Crippen molar-refractivity contribution in [2.75, 3.05) is 11.9 Å². The number of benzene rings is 1. The van der Waals surface area contributed by atoms with E-state index in [4.69, 9.17) is 5.26 Å². The first-order chi connectivity index (χ1) is 13.6. The molecule has 0 radical (unpaired) electrons. The molecule has 160 valence electrons. The van der Waals surface area contributed by atoms with Gasteiger partial charge in [0.25, 0.3) is 5.56 Å². The number of aromatic nitrogens is 2. The topological polar surface area (TPSA) is 88.1 Å². The van der Waals surface area contributed by atoms with Gasteiger partial charge in [-0.3, -0.25) is 14.2 Å². The number of halogens is 7. The Hall–Kier alpha value is -3.63. The van der Waals surface area contributed by atoms with Gasteiger partial charge in [0.05, 0.1) is 16.9 Å². The Balaban J connectivity index is 2.84. The Morgan fingerprint density at radius 2 is 1.67 bits per heavy atom. The first-order valence-electron chi connectivity index (χ1n) is 7.60. The Kier molecular flexibility index (Phi) is 5.53. The Morgan fingerprint density at radius 3 is 2.13 bits per heavy atom. The molecule has 14 heteroatoms. The summed E-state index contributed by atoms with van der Waals surface area (Å²) in [6.07, 6.45) is -10.5. The van der Waals surface area contributed by atoms with Crippen molar-refractivity contribution in [1.29, 1.82) is 5.26 Å². The molecule has 1 heterocycles. The lowest BCUT2D eigenvalue weighted by Gasteiger charge is -2.21. The number of carbonyl (C=O) groups is 1. The van der Waals surface area contributed by atoms with E-state index in [2.05, 4.69) is 0 Å². The first-order valence-corrected chi connectivity index (χ1v) is 7.60. The predicted octanol–water partition coefficient (Wildman–Crippen LogP) is 2.09. The average molecular weight is 438 g/mol. The molecule has 0 saturated heterocycles. The number of hydrogen-bond donors (Lipinski definition) is 0. The molecule has 0 spiro atoms. The number of nitrogens with zero attached hydrogens (tertiary/aromatic N) is 4. The van der Waals surface area contributed by atoms with E-state index in [0.717, 1.165) is 0 Å². The molecule has 0 saturated carbocycles. The van der Waals surface area contributed by atoms with Crippen LogP contribution in [0.1, 0.15) is 11.3 Å². The van der Waals surface area contributed by atoms with E-state index >= 15 is 0 Å². The monoisotopic (exact) mass is 438 g/mol. The van der Waals surface area contributed by atoms with E-state index in [1.807, 2.05) is 0 Å². The van der Waals surface area contributed by atoms with Crippen molar-refractivity contribution in [2.45, 2.75) is 12.4 Å². The zero-order valence-electron chi connectivity index (χ0n) is 14.9. The van der Waals surface area contributed by atoms with Crippen molar-refractivity contribution in [3.8, 4) is 11.8 Å². The van der Waals surface area contributed by atoms with Crippen LogP contribution in [-0.4, -0.2) is 28.3 Å². The molecule has 0 aliphatic rings. The molecule has 1 amide bonds. The van der Waals surface area contributed by atoms with Crippen LogP contribution >= 0.6 is 0 Å². The van der Waals surface area contributed by atoms with Crippen molar-refractivity contribution in [3.63, 3.8) is 0 Å². The van der Waals surface area contributed by atoms with E-state index in [1.54, 1.807) is 0 Å². The van der Waals surface area contributed by atoms with E-state index < -0.39 is 58.0 Å². The van der Waals surface area contributed by atoms with Crippen LogP contribution in [0.15, 0.2) is 27.8 Å². The summed E-state index contributed by atoms with van der Waals surface area (Å²) in [4.78, 5) is 35.7. The maximum Gasteiger partial charge on any atom is 0.471 e. The number of nitriles is 1. The summed E-state index contributed by atoms with van der Waals surface area (Å²) in [6.45, 7) is 0. The van der Waals surface area contributed by atoms with E-state index in [1.165, 1.54) is 6.07 Å². The molecule has 0 unspecified atom stereocenters. The van der Waals surface area contributed by atoms with Crippen molar-refractivity contribution in [1.82, 2.24) is 9.13 Å². The fourth-order valence-electron chi connectivity index (χ4n) is 2.51. The second-order valence-corrected chi connectivity index (χ2v) is 5.84. The minimum atomic E-state index is -5.38. The van der Waals surface area contributed by atoms with Gasteiger partial charge in [-0.1, -0.05) is 0 Å². The molecule has 0 aliphatic carbocycles. The minimum absolute atomic E-state index is 0.0106. The SMILES string of the molecule is CN(C(=O)C(F)(F)F)c1cc(-n2c(=O)cc(C(F)(F)F)n(C)c2=O)c(F)cc1C#N. The zero-order chi connectivity index (χ0) is 23.2. The molecule has 0 N–H and O–H groups in total. The summed E-state index contributed by atoms with van der Waals surface area (Å²) in [5, 5.41) is 9.02. The van der Waals surface area contributed by atoms with E-state index in [9.17, 15) is 45.1 Å². The second kappa shape index (κ2) is 7.32. The van der Waals surface area contributed by atoms with Crippen LogP contribution in [0.25, 0.3) is 5.69 Å². The molecule has 0 fully saturated rings. The van der Waals surface area contributed by atoms with Crippen LogP contribution in [0, 0.1) is 17.1 Å². The number of hydrogen-bond acceptors (Lipinski definition) is 4. The number of amides is 1. The molecule has 0 aliphatic heterocycles. The van der Waals surface area contributed by atoms with Gasteiger partial charge < -0.3 is 4.90 Å². The molecule has 1 aromatic heterocycles. The molecule has 7 nitrogen and oxygen atoms in total. The average Bonchev–Trinajstić information content (AvgIpc) is 2.62. The summed E-state index contributed by atoms with van der Waals surface area (Å²) in [7, 11) is 1.24. The van der Waals surface area contributed by atoms with Crippen molar-refractivity contribution in [3.05, 3.63) is 56.1 Å². The standard InChI is InChI=1S/C16H9F7N4O3/c1-25(13(29)16(21,22)23)9-4-10(8(17)3-7(9)6-24)27-12(28)5-11(15(18,19)20)26(2)14(27)30/h3-5H,1-2H3. The summed E-state index contributed by atoms with van der Waals surface area (Å²) < 4.78 is 91.2. The molecule has 30 heavy (non-hydrogen) atoms. The van der Waals surface area contributed by atoms with Crippen LogP contribution in [0.4, 0.5) is 36.4 Å². The van der Waals surface area contributed by atoms with Gasteiger partial charge in [-0.05, 0) is 12.1 Å². The van der Waals surface area contributed by atoms with Gasteiger partial charge in [0.1, 0.15) is 17.6 Å². The molecule has 0 atom stereocenters. The molecule has 2 rings (SSSR count). The van der Waals surface area contributed by atoms with Gasteiger partial charge in [-0.15, -0.1) is 0 Å². The van der Waals surface area contributed by atoms with Gasteiger partial charge >= 0.3 is 23.9 Å². The lowest BCUT2D eigenvalue weighted by molar-refractivity contribution is -0.170. The molecule has 1 aromatic carbocycles. The maximum atomic E-state index is 14.4. The Labute approximate surface area is 161 Å². The third-order valence-electron chi connectivity index (χ3n) is 3.95. The van der Waals surface area contributed by atoms with Crippen molar-refractivity contribution in [2.24, 2.45) is 7.05 Å². The van der Waals surface area contributed by atoms with E-state index in [-0.39, 0.29) is 20.1 Å². The summed E-state index contributed by atoms with van der Waals surface area (Å²) in [6, 6.07) is 2.09. The quantitative estimate of drug-likeness (QED) is 0.672. The highest BCUT2D eigenvalue weighted by Gasteiger charge is 2.42. The van der Waals surface area contributed by atoms with Crippen molar-refractivity contribution >= 4 is 11.6 Å². The lowest BCUT2D eigenvalue weighted by Crippen LogP contribution is -2.41. The Morgan fingerprint density at radius 1 is 1.10 bits per heavy atom. The normalized spacial score (nSPS) is 11.9. The fraction of sp³-hybridized carbons (Fsp3) is 0.250. The van der Waals surface area contributed by atoms with Crippen LogP contribution in [-0.2, 0) is 18.0 Å². The number of anilines is 1. The van der Waals surface area contributed by atoms with Gasteiger partial charge in [0.2, 0.25) is 0 Å². The number of alkyl halides is 6. The smallest absolute Gasteiger partial charge is 0.306 e. The molecule has 0 bridgehead atoms. The zero-order valence-corrected chi connectivity index (χ0v) is 14.9. The molecular formula is C16H9F7N4O3. The van der Waals surface area contributed by atoms with Crippen molar-refractivity contribution < 1.29 is 35.5 Å². The molecular weight excluding hydrogens is 429 g/mol. The fourth-order valence-corrected chi connectivity index (χ4v) is 2.51. The minimum Gasteiger partial charge on any atom is -0.306 e. The van der Waals surface area contributed by atoms with Crippen LogP contribution < -0.4 is 16.1 Å². The Bertz CT molecular complexity index is 1190. The number of rotatable bonds is 2. The summed E-state index contributed by atoms with van der Waals surface area (Å²) >= 11 is 0. The molecule has 2 aromatic rings. The summed E-state index contributed by atoms with van der Waals surface area (Å²) in [5.41, 5.74) is -7.57. The van der Waals surface area contributed by atoms with Gasteiger partial charge in [-0.2, -0.15) is 31.6 Å².